The van der Waals surface area contributed by atoms with Gasteiger partial charge in [0.15, 0.2) is 0 Å². The van der Waals surface area contributed by atoms with Gasteiger partial charge in [0.1, 0.15) is 12.1 Å². The molecule has 3 rings (SSSR count). The first-order valence-electron chi connectivity index (χ1n) is 7.59. The zero-order valence-corrected chi connectivity index (χ0v) is 12.8. The Bertz CT molecular complexity index is 621. The second-order valence-corrected chi connectivity index (χ2v) is 6.70. The monoisotopic (exact) mass is 303 g/mol. The maximum Gasteiger partial charge on any atom is 0.326 e. The SMILES string of the molecule is Cc1cc(C)cc(COC(=O)[C@]2(N)CC[C@H]3[C@H](C(=O)O)[C@H]32)c1. The number of rotatable bonds is 4. The number of fused-ring (bicyclic) bond motifs is 1. The molecular weight excluding hydrogens is 282 g/mol. The van der Waals surface area contributed by atoms with Gasteiger partial charge < -0.3 is 15.6 Å². The summed E-state index contributed by atoms with van der Waals surface area (Å²) in [5, 5.41) is 9.13. The molecule has 0 heterocycles. The van der Waals surface area contributed by atoms with Crippen LogP contribution in [0.4, 0.5) is 0 Å². The van der Waals surface area contributed by atoms with Crippen molar-refractivity contribution >= 4 is 11.9 Å². The van der Waals surface area contributed by atoms with Gasteiger partial charge in [0, 0.05) is 5.92 Å². The Balaban J connectivity index is 1.66. The number of hydrogen-bond donors (Lipinski definition) is 2. The van der Waals surface area contributed by atoms with Crippen LogP contribution < -0.4 is 5.73 Å². The highest BCUT2D eigenvalue weighted by Gasteiger charge is 2.70. The molecule has 0 aromatic heterocycles. The van der Waals surface area contributed by atoms with Gasteiger partial charge in [0.05, 0.1) is 5.92 Å². The molecule has 5 nitrogen and oxygen atoms in total. The summed E-state index contributed by atoms with van der Waals surface area (Å²) in [5.41, 5.74) is 8.22. The van der Waals surface area contributed by atoms with Crippen molar-refractivity contribution in [1.29, 1.82) is 0 Å². The summed E-state index contributed by atoms with van der Waals surface area (Å²) in [6.45, 7) is 4.16. The van der Waals surface area contributed by atoms with Gasteiger partial charge in [-0.3, -0.25) is 9.59 Å². The van der Waals surface area contributed by atoms with Crippen LogP contribution in [0.15, 0.2) is 18.2 Å². The number of ether oxygens (including phenoxy) is 1. The van der Waals surface area contributed by atoms with E-state index in [0.717, 1.165) is 16.7 Å². The fraction of sp³-hybridized carbons (Fsp3) is 0.529. The maximum atomic E-state index is 12.4. The van der Waals surface area contributed by atoms with Crippen LogP contribution >= 0.6 is 0 Å². The van der Waals surface area contributed by atoms with Gasteiger partial charge in [-0.2, -0.15) is 0 Å². The van der Waals surface area contributed by atoms with Crippen LogP contribution in [0.3, 0.4) is 0 Å². The number of carbonyl (C=O) groups is 2. The molecule has 2 aliphatic carbocycles. The molecule has 0 saturated heterocycles. The Hall–Kier alpha value is -1.88. The molecule has 3 N–H and O–H groups in total. The van der Waals surface area contributed by atoms with E-state index in [-0.39, 0.29) is 18.4 Å². The van der Waals surface area contributed by atoms with Crippen LogP contribution in [0.5, 0.6) is 0 Å². The lowest BCUT2D eigenvalue weighted by molar-refractivity contribution is -0.153. The third kappa shape index (κ3) is 2.39. The largest absolute Gasteiger partial charge is 0.481 e. The van der Waals surface area contributed by atoms with Crippen molar-refractivity contribution in [3.63, 3.8) is 0 Å². The average molecular weight is 303 g/mol. The number of carbonyl (C=O) groups excluding carboxylic acids is 1. The number of hydrogen-bond acceptors (Lipinski definition) is 4. The van der Waals surface area contributed by atoms with E-state index in [4.69, 9.17) is 15.6 Å². The molecule has 2 saturated carbocycles. The third-order valence-corrected chi connectivity index (χ3v) is 4.97. The van der Waals surface area contributed by atoms with Gasteiger partial charge in [0.2, 0.25) is 0 Å². The van der Waals surface area contributed by atoms with Gasteiger partial charge in [0.25, 0.3) is 0 Å². The maximum absolute atomic E-state index is 12.4. The smallest absolute Gasteiger partial charge is 0.326 e. The first kappa shape index (κ1) is 15.0. The van der Waals surface area contributed by atoms with Crippen molar-refractivity contribution in [3.05, 3.63) is 34.9 Å². The Kier molecular flexibility index (Phi) is 3.48. The van der Waals surface area contributed by atoms with Crippen molar-refractivity contribution in [2.45, 2.75) is 38.8 Å². The molecule has 22 heavy (non-hydrogen) atoms. The van der Waals surface area contributed by atoms with Crippen molar-refractivity contribution in [1.82, 2.24) is 0 Å². The lowest BCUT2D eigenvalue weighted by Gasteiger charge is -2.24. The Labute approximate surface area is 129 Å². The molecule has 0 amide bonds. The molecule has 0 bridgehead atoms. The van der Waals surface area contributed by atoms with E-state index in [1.54, 1.807) is 0 Å². The van der Waals surface area contributed by atoms with Gasteiger partial charge in [-0.25, -0.2) is 0 Å². The molecule has 2 fully saturated rings. The minimum absolute atomic E-state index is 0.0382. The normalized spacial score (nSPS) is 32.4. The van der Waals surface area contributed by atoms with Crippen LogP contribution in [0.25, 0.3) is 0 Å². The summed E-state index contributed by atoms with van der Waals surface area (Å²) >= 11 is 0. The van der Waals surface area contributed by atoms with E-state index < -0.39 is 23.4 Å². The summed E-state index contributed by atoms with van der Waals surface area (Å²) in [6, 6.07) is 6.00. The van der Waals surface area contributed by atoms with Crippen molar-refractivity contribution in [2.24, 2.45) is 23.5 Å². The Morgan fingerprint density at radius 1 is 1.32 bits per heavy atom. The lowest BCUT2D eigenvalue weighted by atomic mass is 9.91. The second-order valence-electron chi connectivity index (χ2n) is 6.70. The van der Waals surface area contributed by atoms with Crippen molar-refractivity contribution in [2.75, 3.05) is 0 Å². The zero-order valence-electron chi connectivity index (χ0n) is 12.8. The number of aliphatic carboxylic acids is 1. The first-order chi connectivity index (χ1) is 10.3. The molecule has 5 heteroatoms. The van der Waals surface area contributed by atoms with Crippen LogP contribution in [-0.2, 0) is 20.9 Å². The van der Waals surface area contributed by atoms with Crippen LogP contribution in [0, 0.1) is 31.6 Å². The quantitative estimate of drug-likeness (QED) is 0.828. The van der Waals surface area contributed by atoms with Crippen LogP contribution in [0.2, 0.25) is 0 Å². The molecule has 4 atom stereocenters. The molecule has 0 spiro atoms. The molecule has 0 aliphatic heterocycles. The molecule has 1 aromatic carbocycles. The number of nitrogens with two attached hydrogens (primary N) is 1. The van der Waals surface area contributed by atoms with E-state index in [1.807, 2.05) is 26.0 Å². The first-order valence-corrected chi connectivity index (χ1v) is 7.59. The van der Waals surface area contributed by atoms with Crippen molar-refractivity contribution < 1.29 is 19.4 Å². The van der Waals surface area contributed by atoms with E-state index in [1.165, 1.54) is 0 Å². The van der Waals surface area contributed by atoms with E-state index in [2.05, 4.69) is 6.07 Å². The highest BCUT2D eigenvalue weighted by molar-refractivity contribution is 5.86. The number of carboxylic acid groups (broad SMARTS) is 1. The van der Waals surface area contributed by atoms with Gasteiger partial charge >= 0.3 is 11.9 Å². The lowest BCUT2D eigenvalue weighted by Crippen LogP contribution is -2.50. The third-order valence-electron chi connectivity index (χ3n) is 4.97. The topological polar surface area (TPSA) is 89.6 Å². The molecule has 1 aromatic rings. The van der Waals surface area contributed by atoms with Gasteiger partial charge in [-0.15, -0.1) is 0 Å². The Morgan fingerprint density at radius 3 is 2.50 bits per heavy atom. The summed E-state index contributed by atoms with van der Waals surface area (Å²) in [6.07, 6.45) is 1.20. The molecular formula is C17H21NO4. The molecule has 0 radical (unpaired) electrons. The summed E-state index contributed by atoms with van der Waals surface area (Å²) in [7, 11) is 0. The number of esters is 1. The standard InChI is InChI=1S/C17H21NO4/c1-9-5-10(2)7-11(6-9)8-22-16(21)17(18)4-3-12-13(14(12)17)15(19)20/h5-7,12-14H,3-4,8,18H2,1-2H3,(H,19,20)/t12-,13-,14-,17-/m0/s1. The number of aryl methyl sites for hydroxylation is 2. The average Bonchev–Trinajstić information content (AvgIpc) is 3.08. The minimum Gasteiger partial charge on any atom is -0.481 e. The highest BCUT2D eigenvalue weighted by Crippen LogP contribution is 2.61. The molecule has 118 valence electrons. The minimum atomic E-state index is -1.13. The van der Waals surface area contributed by atoms with Gasteiger partial charge in [-0.05, 0) is 38.2 Å². The summed E-state index contributed by atoms with van der Waals surface area (Å²) in [4.78, 5) is 23.5. The fourth-order valence-corrected chi connectivity index (χ4v) is 4.02. The van der Waals surface area contributed by atoms with E-state index in [9.17, 15) is 9.59 Å². The van der Waals surface area contributed by atoms with Crippen LogP contribution in [0.1, 0.15) is 29.5 Å². The van der Waals surface area contributed by atoms with E-state index >= 15 is 0 Å². The molecule has 2 aliphatic rings. The number of carboxylic acids is 1. The van der Waals surface area contributed by atoms with E-state index in [0.29, 0.717) is 12.8 Å². The fourth-order valence-electron chi connectivity index (χ4n) is 4.02. The predicted molar refractivity (Wildman–Crippen MR) is 80.0 cm³/mol. The number of benzene rings is 1. The predicted octanol–water partition coefficient (Wildman–Crippen LogP) is 1.78. The zero-order chi connectivity index (χ0) is 16.1. The van der Waals surface area contributed by atoms with Crippen molar-refractivity contribution in [3.8, 4) is 0 Å². The van der Waals surface area contributed by atoms with Crippen LogP contribution in [-0.4, -0.2) is 22.6 Å². The summed E-state index contributed by atoms with van der Waals surface area (Å²) < 4.78 is 5.39. The second kappa shape index (κ2) is 5.09. The summed E-state index contributed by atoms with van der Waals surface area (Å²) in [5.74, 6) is -2.03. The van der Waals surface area contributed by atoms with Gasteiger partial charge in [-0.1, -0.05) is 29.3 Å². The Morgan fingerprint density at radius 2 is 1.95 bits per heavy atom. The molecule has 0 unspecified atom stereocenters. The highest BCUT2D eigenvalue weighted by atomic mass is 16.5.